The molecule has 0 aliphatic heterocycles. The van der Waals surface area contributed by atoms with Crippen LogP contribution >= 0.6 is 0 Å². The Kier molecular flexibility index (Phi) is 3.79. The first kappa shape index (κ1) is 13.7. The van der Waals surface area contributed by atoms with Crippen LogP contribution in [0.5, 0.6) is 0 Å². The van der Waals surface area contributed by atoms with Gasteiger partial charge in [0.05, 0.1) is 5.56 Å². The number of carboxylic acids is 1. The highest BCUT2D eigenvalue weighted by molar-refractivity contribution is 6.04. The molecule has 0 spiro atoms. The van der Waals surface area contributed by atoms with E-state index < -0.39 is 17.7 Å². The van der Waals surface area contributed by atoms with Crippen molar-refractivity contribution in [3.63, 3.8) is 0 Å². The van der Waals surface area contributed by atoms with E-state index in [2.05, 4.69) is 5.32 Å². The number of aryl methyl sites for hydroxylation is 1. The maximum Gasteiger partial charge on any atom is 0.335 e. The smallest absolute Gasteiger partial charge is 0.335 e. The van der Waals surface area contributed by atoms with Crippen LogP contribution in [-0.2, 0) is 0 Å². The van der Waals surface area contributed by atoms with Crippen LogP contribution in [0.1, 0.15) is 26.3 Å². The van der Waals surface area contributed by atoms with Crippen molar-refractivity contribution in [3.8, 4) is 0 Å². The van der Waals surface area contributed by atoms with Crippen LogP contribution in [0.4, 0.5) is 10.1 Å². The summed E-state index contributed by atoms with van der Waals surface area (Å²) in [6.45, 7) is 1.61. The number of aromatic carboxylic acids is 1. The molecule has 4 nitrogen and oxygen atoms in total. The van der Waals surface area contributed by atoms with Crippen molar-refractivity contribution in [2.45, 2.75) is 6.92 Å². The second-order valence-electron chi connectivity index (χ2n) is 4.30. The van der Waals surface area contributed by atoms with Gasteiger partial charge in [-0.15, -0.1) is 0 Å². The number of carbonyl (C=O) groups excluding carboxylic acids is 1. The quantitative estimate of drug-likeness (QED) is 0.903. The molecule has 0 atom stereocenters. The Morgan fingerprint density at radius 2 is 1.65 bits per heavy atom. The van der Waals surface area contributed by atoms with Gasteiger partial charge in [0.25, 0.3) is 5.91 Å². The summed E-state index contributed by atoms with van der Waals surface area (Å²) in [6.07, 6.45) is 0. The largest absolute Gasteiger partial charge is 0.478 e. The number of rotatable bonds is 3. The Hall–Kier alpha value is -2.69. The van der Waals surface area contributed by atoms with Crippen LogP contribution in [0.25, 0.3) is 0 Å². The molecular weight excluding hydrogens is 261 g/mol. The van der Waals surface area contributed by atoms with Gasteiger partial charge in [-0.2, -0.15) is 0 Å². The van der Waals surface area contributed by atoms with Gasteiger partial charge in [0.15, 0.2) is 0 Å². The highest BCUT2D eigenvalue weighted by Crippen LogP contribution is 2.13. The summed E-state index contributed by atoms with van der Waals surface area (Å²) in [4.78, 5) is 22.6. The maximum atomic E-state index is 13.4. The third-order valence-electron chi connectivity index (χ3n) is 2.82. The summed E-state index contributed by atoms with van der Waals surface area (Å²) in [5.74, 6) is -1.94. The van der Waals surface area contributed by atoms with E-state index in [1.54, 1.807) is 6.92 Å². The van der Waals surface area contributed by atoms with Crippen molar-refractivity contribution in [1.82, 2.24) is 0 Å². The van der Waals surface area contributed by atoms with E-state index in [9.17, 15) is 14.0 Å². The molecule has 0 fully saturated rings. The van der Waals surface area contributed by atoms with Crippen molar-refractivity contribution in [3.05, 3.63) is 65.0 Å². The summed E-state index contributed by atoms with van der Waals surface area (Å²) >= 11 is 0. The highest BCUT2D eigenvalue weighted by Gasteiger charge is 2.09. The van der Waals surface area contributed by atoms with Crippen LogP contribution < -0.4 is 5.32 Å². The maximum absolute atomic E-state index is 13.4. The van der Waals surface area contributed by atoms with Gasteiger partial charge < -0.3 is 10.4 Å². The Balaban J connectivity index is 2.14. The first-order valence-corrected chi connectivity index (χ1v) is 5.88. The van der Waals surface area contributed by atoms with E-state index in [4.69, 9.17) is 5.11 Å². The highest BCUT2D eigenvalue weighted by atomic mass is 19.1. The molecule has 2 N–H and O–H groups in total. The van der Waals surface area contributed by atoms with Gasteiger partial charge in [-0.05, 0) is 48.9 Å². The van der Waals surface area contributed by atoms with E-state index in [0.29, 0.717) is 11.3 Å². The fourth-order valence-electron chi connectivity index (χ4n) is 1.63. The molecule has 102 valence electrons. The molecule has 0 heterocycles. The van der Waals surface area contributed by atoms with Crippen LogP contribution in [0.3, 0.4) is 0 Å². The molecule has 2 aromatic carbocycles. The van der Waals surface area contributed by atoms with Gasteiger partial charge in [0.2, 0.25) is 0 Å². The molecule has 0 aromatic heterocycles. The van der Waals surface area contributed by atoms with Gasteiger partial charge in [-0.1, -0.05) is 6.07 Å². The number of carboxylic acid groups (broad SMARTS) is 1. The molecule has 20 heavy (non-hydrogen) atoms. The Labute approximate surface area is 114 Å². The molecule has 0 aliphatic carbocycles. The summed E-state index contributed by atoms with van der Waals surface area (Å²) in [6, 6.07) is 9.94. The third kappa shape index (κ3) is 3.00. The SMILES string of the molecule is Cc1ccc(C(=O)Nc2ccc(C(=O)O)cc2)cc1F. The van der Waals surface area contributed by atoms with Crippen LogP contribution in [-0.4, -0.2) is 17.0 Å². The van der Waals surface area contributed by atoms with Crippen molar-refractivity contribution in [2.24, 2.45) is 0 Å². The second kappa shape index (κ2) is 5.52. The van der Waals surface area contributed by atoms with E-state index in [1.165, 1.54) is 36.4 Å². The predicted octanol–water partition coefficient (Wildman–Crippen LogP) is 3.08. The summed E-state index contributed by atoms with van der Waals surface area (Å²) < 4.78 is 13.4. The lowest BCUT2D eigenvalue weighted by Crippen LogP contribution is -2.12. The number of nitrogens with one attached hydrogen (secondary N) is 1. The minimum absolute atomic E-state index is 0.129. The van der Waals surface area contributed by atoms with E-state index in [-0.39, 0.29) is 11.1 Å². The molecule has 0 radical (unpaired) electrons. The number of anilines is 1. The third-order valence-corrected chi connectivity index (χ3v) is 2.82. The Morgan fingerprint density at radius 1 is 1.05 bits per heavy atom. The standard InChI is InChI=1S/C15H12FNO3/c1-9-2-3-11(8-13(9)16)14(18)17-12-6-4-10(5-7-12)15(19)20/h2-8H,1H3,(H,17,18)(H,19,20). The molecule has 0 unspecified atom stereocenters. The molecule has 2 rings (SSSR count). The molecule has 0 aliphatic rings. The van der Waals surface area contributed by atoms with Gasteiger partial charge >= 0.3 is 5.97 Å². The van der Waals surface area contributed by atoms with Crippen molar-refractivity contribution in [2.75, 3.05) is 5.32 Å². The average molecular weight is 273 g/mol. The van der Waals surface area contributed by atoms with Gasteiger partial charge in [0.1, 0.15) is 5.82 Å². The Bertz CT molecular complexity index is 665. The van der Waals surface area contributed by atoms with Crippen molar-refractivity contribution >= 4 is 17.6 Å². The van der Waals surface area contributed by atoms with E-state index >= 15 is 0 Å². The van der Waals surface area contributed by atoms with Crippen molar-refractivity contribution in [1.29, 1.82) is 0 Å². The van der Waals surface area contributed by atoms with E-state index in [0.717, 1.165) is 6.07 Å². The molecule has 1 amide bonds. The first-order valence-electron chi connectivity index (χ1n) is 5.88. The monoisotopic (exact) mass is 273 g/mol. The van der Waals surface area contributed by atoms with Crippen LogP contribution in [0.2, 0.25) is 0 Å². The number of halogens is 1. The molecule has 0 saturated heterocycles. The zero-order chi connectivity index (χ0) is 14.7. The summed E-state index contributed by atoms with van der Waals surface area (Å²) in [5.41, 5.74) is 1.24. The van der Waals surface area contributed by atoms with Gasteiger partial charge in [-0.25, -0.2) is 9.18 Å². The Morgan fingerprint density at radius 3 is 2.20 bits per heavy atom. The second-order valence-corrected chi connectivity index (χ2v) is 4.30. The average Bonchev–Trinajstić information content (AvgIpc) is 2.42. The fourth-order valence-corrected chi connectivity index (χ4v) is 1.63. The normalized spacial score (nSPS) is 10.1. The summed E-state index contributed by atoms with van der Waals surface area (Å²) in [5, 5.41) is 11.3. The van der Waals surface area contributed by atoms with E-state index in [1.807, 2.05) is 0 Å². The van der Waals surface area contributed by atoms with Gasteiger partial charge in [0, 0.05) is 11.3 Å². The number of hydrogen-bond acceptors (Lipinski definition) is 2. The van der Waals surface area contributed by atoms with Crippen LogP contribution in [0, 0.1) is 12.7 Å². The topological polar surface area (TPSA) is 66.4 Å². The molecule has 5 heteroatoms. The number of benzene rings is 2. The molecule has 0 saturated carbocycles. The molecule has 0 bridgehead atoms. The fraction of sp³-hybridized carbons (Fsp3) is 0.0667. The van der Waals surface area contributed by atoms with Crippen LogP contribution in [0.15, 0.2) is 42.5 Å². The minimum atomic E-state index is -1.04. The molecule has 2 aromatic rings. The first-order chi connectivity index (χ1) is 9.47. The molecular formula is C15H12FNO3. The van der Waals surface area contributed by atoms with Crippen molar-refractivity contribution < 1.29 is 19.1 Å². The summed E-state index contributed by atoms with van der Waals surface area (Å²) in [7, 11) is 0. The lowest BCUT2D eigenvalue weighted by molar-refractivity contribution is 0.0696. The number of carbonyl (C=O) groups is 2. The predicted molar refractivity (Wildman–Crippen MR) is 72.5 cm³/mol. The lowest BCUT2D eigenvalue weighted by atomic mass is 10.1. The number of hydrogen-bond donors (Lipinski definition) is 2. The minimum Gasteiger partial charge on any atom is -0.478 e. The van der Waals surface area contributed by atoms with Gasteiger partial charge in [-0.3, -0.25) is 4.79 Å². The number of amides is 1. The lowest BCUT2D eigenvalue weighted by Gasteiger charge is -2.06. The zero-order valence-corrected chi connectivity index (χ0v) is 10.7. The zero-order valence-electron chi connectivity index (χ0n) is 10.7.